The number of carbonyl (C=O) groups excluding carboxylic acids is 1. The van der Waals surface area contributed by atoms with Crippen LogP contribution < -0.4 is 10.1 Å². The Bertz CT molecular complexity index is 767. The van der Waals surface area contributed by atoms with Gasteiger partial charge in [0.15, 0.2) is 5.82 Å². The van der Waals surface area contributed by atoms with Crippen LogP contribution in [0.4, 0.5) is 0 Å². The molecule has 0 saturated carbocycles. The smallest absolute Gasteiger partial charge is 0.227 e. The Labute approximate surface area is 153 Å². The molecule has 0 spiro atoms. The van der Waals surface area contributed by atoms with Crippen molar-refractivity contribution in [2.24, 2.45) is 0 Å². The highest BCUT2D eigenvalue weighted by Crippen LogP contribution is 2.19. The average Bonchev–Trinajstić information content (AvgIpc) is 3.14. The molecular formula is C19H24N4O3. The highest BCUT2D eigenvalue weighted by atomic mass is 16.5. The molecule has 2 aromatic rings. The van der Waals surface area contributed by atoms with Gasteiger partial charge in [-0.15, -0.1) is 0 Å². The van der Waals surface area contributed by atoms with Crippen LogP contribution in [0.25, 0.3) is 5.57 Å². The first-order chi connectivity index (χ1) is 12.6. The largest absolute Gasteiger partial charge is 0.497 e. The van der Waals surface area contributed by atoms with Crippen LogP contribution in [0, 0.1) is 0 Å². The number of aryl methyl sites for hydroxylation is 1. The van der Waals surface area contributed by atoms with E-state index in [4.69, 9.17) is 9.26 Å². The van der Waals surface area contributed by atoms with Crippen LogP contribution in [-0.4, -0.2) is 48.2 Å². The van der Waals surface area contributed by atoms with Crippen LogP contribution in [0.3, 0.4) is 0 Å². The second-order valence-corrected chi connectivity index (χ2v) is 6.38. The fraction of sp³-hybridized carbons (Fsp3) is 0.421. The average molecular weight is 356 g/mol. The van der Waals surface area contributed by atoms with Gasteiger partial charge in [0, 0.05) is 32.5 Å². The highest BCUT2D eigenvalue weighted by molar-refractivity contribution is 5.76. The molecule has 26 heavy (non-hydrogen) atoms. The molecule has 1 aliphatic rings. The maximum Gasteiger partial charge on any atom is 0.227 e. The van der Waals surface area contributed by atoms with Crippen molar-refractivity contribution in [2.45, 2.75) is 25.8 Å². The minimum absolute atomic E-state index is 0.0425. The normalized spacial score (nSPS) is 14.8. The van der Waals surface area contributed by atoms with Crippen molar-refractivity contribution in [3.63, 3.8) is 0 Å². The molecule has 0 aliphatic carbocycles. The van der Waals surface area contributed by atoms with E-state index in [0.29, 0.717) is 31.1 Å². The second kappa shape index (κ2) is 8.62. The lowest BCUT2D eigenvalue weighted by Gasteiger charge is -2.19. The Morgan fingerprint density at radius 1 is 1.35 bits per heavy atom. The molecule has 0 fully saturated rings. The van der Waals surface area contributed by atoms with Crippen LogP contribution in [0.1, 0.15) is 30.1 Å². The van der Waals surface area contributed by atoms with E-state index < -0.39 is 0 Å². The summed E-state index contributed by atoms with van der Waals surface area (Å²) in [5, 5.41) is 6.93. The number of likely N-dealkylation sites (N-methyl/N-ethyl adjacent to an activating group) is 1. The Kier molecular flexibility index (Phi) is 6.01. The number of nitrogens with one attached hydrogen (secondary N) is 1. The number of aromatic nitrogens is 2. The minimum atomic E-state index is -0.0425. The van der Waals surface area contributed by atoms with E-state index in [0.717, 1.165) is 36.4 Å². The van der Waals surface area contributed by atoms with Gasteiger partial charge in [-0.05, 0) is 36.7 Å². The Morgan fingerprint density at radius 3 is 2.85 bits per heavy atom. The van der Waals surface area contributed by atoms with E-state index in [1.54, 1.807) is 7.11 Å². The summed E-state index contributed by atoms with van der Waals surface area (Å²) in [5.74, 6) is 1.90. The van der Waals surface area contributed by atoms with Crippen LogP contribution in [-0.2, 0) is 17.8 Å². The number of amides is 1. The van der Waals surface area contributed by atoms with Crippen molar-refractivity contribution in [1.82, 2.24) is 20.4 Å². The zero-order valence-electron chi connectivity index (χ0n) is 15.2. The monoisotopic (exact) mass is 356 g/mol. The minimum Gasteiger partial charge on any atom is -0.497 e. The van der Waals surface area contributed by atoms with Crippen molar-refractivity contribution >= 4 is 11.5 Å². The predicted molar refractivity (Wildman–Crippen MR) is 97.6 cm³/mol. The Balaban J connectivity index is 1.44. The molecule has 0 unspecified atom stereocenters. The molecule has 1 aromatic heterocycles. The third kappa shape index (κ3) is 4.92. The molecule has 0 atom stereocenters. The summed E-state index contributed by atoms with van der Waals surface area (Å²) < 4.78 is 10.4. The molecular weight excluding hydrogens is 332 g/mol. The summed E-state index contributed by atoms with van der Waals surface area (Å²) in [4.78, 5) is 18.7. The maximum absolute atomic E-state index is 12.0. The van der Waals surface area contributed by atoms with Gasteiger partial charge in [-0.3, -0.25) is 4.79 Å². The second-order valence-electron chi connectivity index (χ2n) is 6.38. The van der Waals surface area contributed by atoms with Gasteiger partial charge in [0.25, 0.3) is 0 Å². The third-order valence-corrected chi connectivity index (χ3v) is 4.38. The first-order valence-electron chi connectivity index (χ1n) is 8.74. The Hall–Kier alpha value is -2.67. The van der Waals surface area contributed by atoms with E-state index in [1.807, 2.05) is 24.3 Å². The van der Waals surface area contributed by atoms with Crippen molar-refractivity contribution in [1.29, 1.82) is 0 Å². The molecule has 2 heterocycles. The van der Waals surface area contributed by atoms with Gasteiger partial charge in [-0.25, -0.2) is 0 Å². The molecule has 0 radical (unpaired) electrons. The first-order valence-corrected chi connectivity index (χ1v) is 8.74. The van der Waals surface area contributed by atoms with E-state index in [2.05, 4.69) is 33.5 Å². The van der Waals surface area contributed by atoms with Crippen LogP contribution in [0.5, 0.6) is 5.75 Å². The standard InChI is InChI=1S/C19H24N4O3/c1-23-11-9-15(10-12-23)19-21-18(26-22-19)8-7-17(24)20-13-14-3-5-16(25-2)6-4-14/h3-6,9H,7-8,10-13H2,1-2H3,(H,20,24). The fourth-order valence-corrected chi connectivity index (χ4v) is 2.71. The van der Waals surface area contributed by atoms with Gasteiger partial charge in [-0.1, -0.05) is 23.4 Å². The van der Waals surface area contributed by atoms with E-state index >= 15 is 0 Å². The van der Waals surface area contributed by atoms with Gasteiger partial charge in [-0.2, -0.15) is 4.98 Å². The zero-order chi connectivity index (χ0) is 18.4. The molecule has 1 amide bonds. The van der Waals surface area contributed by atoms with Crippen molar-refractivity contribution in [2.75, 3.05) is 27.2 Å². The summed E-state index contributed by atoms with van der Waals surface area (Å²) in [6.07, 6.45) is 3.80. The molecule has 1 N–H and O–H groups in total. The topological polar surface area (TPSA) is 80.5 Å². The summed E-state index contributed by atoms with van der Waals surface area (Å²) in [7, 11) is 3.71. The maximum atomic E-state index is 12.0. The lowest BCUT2D eigenvalue weighted by Crippen LogP contribution is -2.24. The lowest BCUT2D eigenvalue weighted by atomic mass is 10.1. The number of carbonyl (C=O) groups is 1. The van der Waals surface area contributed by atoms with Crippen LogP contribution in [0.2, 0.25) is 0 Å². The van der Waals surface area contributed by atoms with Gasteiger partial charge in [0.05, 0.1) is 7.11 Å². The first kappa shape index (κ1) is 18.1. The summed E-state index contributed by atoms with van der Waals surface area (Å²) in [5.41, 5.74) is 2.13. The molecule has 0 saturated heterocycles. The highest BCUT2D eigenvalue weighted by Gasteiger charge is 2.15. The summed E-state index contributed by atoms with van der Waals surface area (Å²) >= 11 is 0. The SMILES string of the molecule is COc1ccc(CNC(=O)CCc2nc(C3=CCN(C)CC3)no2)cc1. The van der Waals surface area contributed by atoms with E-state index in [1.165, 1.54) is 0 Å². The number of hydrogen-bond donors (Lipinski definition) is 1. The molecule has 1 aromatic carbocycles. The number of hydrogen-bond acceptors (Lipinski definition) is 6. The summed E-state index contributed by atoms with van der Waals surface area (Å²) in [6.45, 7) is 2.37. The van der Waals surface area contributed by atoms with Crippen LogP contribution in [0.15, 0.2) is 34.9 Å². The third-order valence-electron chi connectivity index (χ3n) is 4.38. The van der Waals surface area contributed by atoms with Gasteiger partial charge in [0.2, 0.25) is 11.8 Å². The quantitative estimate of drug-likeness (QED) is 0.818. The summed E-state index contributed by atoms with van der Waals surface area (Å²) in [6, 6.07) is 7.61. The van der Waals surface area contributed by atoms with Crippen LogP contribution >= 0.6 is 0 Å². The fourth-order valence-electron chi connectivity index (χ4n) is 2.71. The number of methoxy groups -OCH3 is 1. The van der Waals surface area contributed by atoms with E-state index in [9.17, 15) is 4.79 Å². The molecule has 7 heteroatoms. The molecule has 3 rings (SSSR count). The van der Waals surface area contributed by atoms with Crippen molar-refractivity contribution < 1.29 is 14.1 Å². The van der Waals surface area contributed by atoms with Crippen molar-refractivity contribution in [3.05, 3.63) is 47.6 Å². The number of nitrogens with zero attached hydrogens (tertiary/aromatic N) is 3. The molecule has 138 valence electrons. The Morgan fingerprint density at radius 2 is 2.15 bits per heavy atom. The van der Waals surface area contributed by atoms with Gasteiger partial charge >= 0.3 is 0 Å². The van der Waals surface area contributed by atoms with Crippen molar-refractivity contribution in [3.8, 4) is 5.75 Å². The number of benzene rings is 1. The molecule has 1 aliphatic heterocycles. The van der Waals surface area contributed by atoms with Gasteiger partial charge in [0.1, 0.15) is 5.75 Å². The molecule has 7 nitrogen and oxygen atoms in total. The van der Waals surface area contributed by atoms with E-state index in [-0.39, 0.29) is 5.91 Å². The molecule has 0 bridgehead atoms. The lowest BCUT2D eigenvalue weighted by molar-refractivity contribution is -0.121. The predicted octanol–water partition coefficient (Wildman–Crippen LogP) is 2.05. The number of ether oxygens (including phenoxy) is 1. The number of rotatable bonds is 7. The zero-order valence-corrected chi connectivity index (χ0v) is 15.2. The van der Waals surface area contributed by atoms with Gasteiger partial charge < -0.3 is 19.5 Å².